The summed E-state index contributed by atoms with van der Waals surface area (Å²) in [5, 5.41) is 2.30. The molecule has 1 aliphatic rings. The predicted molar refractivity (Wildman–Crippen MR) is 76.0 cm³/mol. The Bertz CT molecular complexity index is 578. The Balaban J connectivity index is 2.25. The summed E-state index contributed by atoms with van der Waals surface area (Å²) in [5.41, 5.74) is 5.59. The minimum absolute atomic E-state index is 1.03. The lowest BCUT2D eigenvalue weighted by Gasteiger charge is -2.07. The minimum Gasteiger partial charge on any atom is -0.235 e. The standard InChI is InChI=1S/C14H13NS2/c1-16-13-8-11-10-6-4-3-5-9(10)7-12(11)14(15-13)17-2/h3-6,8H,7H2,1-2H3. The second-order valence-corrected chi connectivity index (χ2v) is 5.66. The number of aromatic nitrogens is 1. The van der Waals surface area contributed by atoms with Gasteiger partial charge in [0.05, 0.1) is 5.03 Å². The van der Waals surface area contributed by atoms with Crippen LogP contribution < -0.4 is 0 Å². The van der Waals surface area contributed by atoms with Crippen molar-refractivity contribution in [2.75, 3.05) is 12.5 Å². The van der Waals surface area contributed by atoms with Gasteiger partial charge in [-0.1, -0.05) is 24.3 Å². The van der Waals surface area contributed by atoms with Crippen molar-refractivity contribution in [1.82, 2.24) is 4.98 Å². The third-order valence-corrected chi connectivity index (χ3v) is 4.49. The number of benzene rings is 1. The van der Waals surface area contributed by atoms with Gasteiger partial charge in [0.1, 0.15) is 5.03 Å². The average molecular weight is 259 g/mol. The fourth-order valence-corrected chi connectivity index (χ4v) is 3.43. The molecule has 0 saturated carbocycles. The molecule has 0 bridgehead atoms. The van der Waals surface area contributed by atoms with Crippen molar-refractivity contribution < 1.29 is 0 Å². The molecule has 1 aliphatic carbocycles. The van der Waals surface area contributed by atoms with Crippen LogP contribution in [0.15, 0.2) is 40.4 Å². The zero-order chi connectivity index (χ0) is 11.8. The van der Waals surface area contributed by atoms with Gasteiger partial charge in [0.15, 0.2) is 0 Å². The minimum atomic E-state index is 1.03. The van der Waals surface area contributed by atoms with E-state index in [4.69, 9.17) is 4.98 Å². The Labute approximate surface area is 110 Å². The van der Waals surface area contributed by atoms with Gasteiger partial charge < -0.3 is 0 Å². The lowest BCUT2D eigenvalue weighted by Crippen LogP contribution is -1.91. The van der Waals surface area contributed by atoms with E-state index < -0.39 is 0 Å². The second kappa shape index (κ2) is 4.39. The van der Waals surface area contributed by atoms with Crippen molar-refractivity contribution in [3.8, 4) is 11.1 Å². The highest BCUT2D eigenvalue weighted by atomic mass is 32.2. The molecular formula is C14H13NS2. The van der Waals surface area contributed by atoms with Crippen molar-refractivity contribution in [1.29, 1.82) is 0 Å². The van der Waals surface area contributed by atoms with Crippen LogP contribution in [-0.4, -0.2) is 17.5 Å². The lowest BCUT2D eigenvalue weighted by atomic mass is 10.1. The smallest absolute Gasteiger partial charge is 0.101 e. The fourth-order valence-electron chi connectivity index (χ4n) is 2.34. The van der Waals surface area contributed by atoms with Gasteiger partial charge in [0, 0.05) is 6.42 Å². The monoisotopic (exact) mass is 259 g/mol. The molecule has 86 valence electrons. The number of nitrogens with zero attached hydrogens (tertiary/aromatic N) is 1. The van der Waals surface area contributed by atoms with Crippen LogP contribution in [0.25, 0.3) is 11.1 Å². The Morgan fingerprint density at radius 1 is 1.06 bits per heavy atom. The van der Waals surface area contributed by atoms with Crippen LogP contribution in [0.1, 0.15) is 11.1 Å². The predicted octanol–water partition coefficient (Wildman–Crippen LogP) is 4.10. The summed E-state index contributed by atoms with van der Waals surface area (Å²) in [4.78, 5) is 4.69. The highest BCUT2D eigenvalue weighted by Gasteiger charge is 2.22. The highest BCUT2D eigenvalue weighted by molar-refractivity contribution is 7.99. The quantitative estimate of drug-likeness (QED) is 0.643. The Kier molecular flexibility index (Phi) is 2.89. The van der Waals surface area contributed by atoms with E-state index in [9.17, 15) is 0 Å². The van der Waals surface area contributed by atoms with Crippen LogP contribution in [0, 0.1) is 0 Å². The molecule has 0 aliphatic heterocycles. The first kappa shape index (κ1) is 11.2. The zero-order valence-corrected chi connectivity index (χ0v) is 11.5. The van der Waals surface area contributed by atoms with E-state index >= 15 is 0 Å². The second-order valence-electron chi connectivity index (χ2n) is 4.03. The highest BCUT2D eigenvalue weighted by Crippen LogP contribution is 2.41. The molecule has 0 N–H and O–H groups in total. The summed E-state index contributed by atoms with van der Waals surface area (Å²) in [7, 11) is 0. The first-order chi connectivity index (χ1) is 8.33. The van der Waals surface area contributed by atoms with Crippen molar-refractivity contribution in [3.63, 3.8) is 0 Å². The number of fused-ring (bicyclic) bond motifs is 3. The third kappa shape index (κ3) is 1.78. The maximum Gasteiger partial charge on any atom is 0.101 e. The van der Waals surface area contributed by atoms with Gasteiger partial charge in [0.25, 0.3) is 0 Å². The molecule has 0 amide bonds. The fraction of sp³-hybridized carbons (Fsp3) is 0.214. The van der Waals surface area contributed by atoms with Crippen LogP contribution in [0.2, 0.25) is 0 Å². The van der Waals surface area contributed by atoms with E-state index in [0.29, 0.717) is 0 Å². The van der Waals surface area contributed by atoms with Gasteiger partial charge in [0.2, 0.25) is 0 Å². The van der Waals surface area contributed by atoms with Crippen molar-refractivity contribution >= 4 is 23.5 Å². The first-order valence-corrected chi connectivity index (χ1v) is 7.98. The molecule has 0 fully saturated rings. The van der Waals surface area contributed by atoms with E-state index in [1.54, 1.807) is 23.5 Å². The molecule has 0 unspecified atom stereocenters. The number of hydrogen-bond donors (Lipinski definition) is 0. The van der Waals surface area contributed by atoms with Crippen LogP contribution in [-0.2, 0) is 6.42 Å². The molecule has 1 aromatic carbocycles. The summed E-state index contributed by atoms with van der Waals surface area (Å²) in [6.45, 7) is 0. The summed E-state index contributed by atoms with van der Waals surface area (Å²) in [6.07, 6.45) is 5.22. The van der Waals surface area contributed by atoms with Gasteiger partial charge >= 0.3 is 0 Å². The number of hydrogen-bond acceptors (Lipinski definition) is 3. The van der Waals surface area contributed by atoms with Gasteiger partial charge in [-0.15, -0.1) is 23.5 Å². The summed E-state index contributed by atoms with van der Waals surface area (Å²) >= 11 is 3.46. The summed E-state index contributed by atoms with van der Waals surface area (Å²) in [5.74, 6) is 0. The Hall–Kier alpha value is -0.930. The molecule has 0 saturated heterocycles. The summed E-state index contributed by atoms with van der Waals surface area (Å²) < 4.78 is 0. The average Bonchev–Trinajstić information content (AvgIpc) is 2.76. The van der Waals surface area contributed by atoms with Crippen LogP contribution >= 0.6 is 23.5 Å². The molecular weight excluding hydrogens is 246 g/mol. The topological polar surface area (TPSA) is 12.9 Å². The van der Waals surface area contributed by atoms with Gasteiger partial charge in [-0.05, 0) is 40.8 Å². The normalized spacial score (nSPS) is 12.4. The van der Waals surface area contributed by atoms with E-state index in [1.165, 1.54) is 27.3 Å². The van der Waals surface area contributed by atoms with E-state index in [2.05, 4.69) is 42.8 Å². The molecule has 17 heavy (non-hydrogen) atoms. The molecule has 2 aromatic rings. The molecule has 1 aromatic heterocycles. The molecule has 0 radical (unpaired) electrons. The number of rotatable bonds is 2. The largest absolute Gasteiger partial charge is 0.235 e. The maximum atomic E-state index is 4.69. The maximum absolute atomic E-state index is 4.69. The van der Waals surface area contributed by atoms with Crippen LogP contribution in [0.3, 0.4) is 0 Å². The molecule has 3 heteroatoms. The van der Waals surface area contributed by atoms with Crippen LogP contribution in [0.4, 0.5) is 0 Å². The van der Waals surface area contributed by atoms with Crippen LogP contribution in [0.5, 0.6) is 0 Å². The SMILES string of the molecule is CSc1cc2c(c(SC)n1)Cc1ccccc1-2. The molecule has 1 heterocycles. The van der Waals surface area contributed by atoms with Crippen molar-refractivity contribution in [2.24, 2.45) is 0 Å². The van der Waals surface area contributed by atoms with E-state index in [-0.39, 0.29) is 0 Å². The van der Waals surface area contributed by atoms with Crippen molar-refractivity contribution in [2.45, 2.75) is 16.5 Å². The first-order valence-electron chi connectivity index (χ1n) is 5.53. The third-order valence-electron chi connectivity index (χ3n) is 3.14. The number of thioether (sulfide) groups is 2. The van der Waals surface area contributed by atoms with E-state index in [1.807, 2.05) is 0 Å². The molecule has 3 rings (SSSR count). The summed E-state index contributed by atoms with van der Waals surface area (Å²) in [6, 6.07) is 10.9. The van der Waals surface area contributed by atoms with E-state index in [0.717, 1.165) is 11.4 Å². The lowest BCUT2D eigenvalue weighted by molar-refractivity contribution is 0.968. The number of pyridine rings is 1. The zero-order valence-electron chi connectivity index (χ0n) is 9.86. The molecule has 0 atom stereocenters. The molecule has 1 nitrogen and oxygen atoms in total. The Morgan fingerprint density at radius 3 is 2.65 bits per heavy atom. The van der Waals surface area contributed by atoms with Crippen molar-refractivity contribution in [3.05, 3.63) is 41.5 Å². The molecule has 0 spiro atoms. The van der Waals surface area contributed by atoms with Gasteiger partial charge in [-0.3, -0.25) is 0 Å². The van der Waals surface area contributed by atoms with Gasteiger partial charge in [-0.2, -0.15) is 0 Å². The van der Waals surface area contributed by atoms with Gasteiger partial charge in [-0.25, -0.2) is 4.98 Å². The Morgan fingerprint density at radius 2 is 1.88 bits per heavy atom.